The van der Waals surface area contributed by atoms with E-state index in [0.717, 1.165) is 22.1 Å². The van der Waals surface area contributed by atoms with Gasteiger partial charge in [0.1, 0.15) is 30.6 Å². The van der Waals surface area contributed by atoms with Crippen molar-refractivity contribution in [2.24, 2.45) is 10.4 Å². The number of amides is 3. The maximum atomic E-state index is 15.5. The van der Waals surface area contributed by atoms with Gasteiger partial charge in [-0.3, -0.25) is 9.69 Å². The minimum absolute atomic E-state index is 0.00673. The molecule has 21 heteroatoms. The van der Waals surface area contributed by atoms with Crippen LogP contribution in [0.5, 0.6) is 0 Å². The molecule has 2 aromatic heterocycles. The summed E-state index contributed by atoms with van der Waals surface area (Å²) in [6, 6.07) is 17.6. The van der Waals surface area contributed by atoms with Crippen molar-refractivity contribution in [1.82, 2.24) is 40.1 Å². The first-order chi connectivity index (χ1) is 29.9. The Morgan fingerprint density at radius 3 is 2.29 bits per heavy atom. The maximum absolute atomic E-state index is 15.5. The summed E-state index contributed by atoms with van der Waals surface area (Å²) in [6.45, 7) is 1.74. The molecular weight excluding hydrogens is 860 g/mol. The van der Waals surface area contributed by atoms with E-state index in [0.29, 0.717) is 26.9 Å². The zero-order valence-electron chi connectivity index (χ0n) is 33.8. The molecule has 1 saturated carbocycles. The van der Waals surface area contributed by atoms with Crippen molar-refractivity contribution in [3.63, 3.8) is 0 Å². The van der Waals surface area contributed by atoms with Gasteiger partial charge in [-0.1, -0.05) is 93.0 Å². The highest BCUT2D eigenvalue weighted by Crippen LogP contribution is 2.44. The number of guanidine groups is 1. The van der Waals surface area contributed by atoms with Gasteiger partial charge in [0.15, 0.2) is 5.82 Å². The second-order valence-corrected chi connectivity index (χ2v) is 16.6. The van der Waals surface area contributed by atoms with Gasteiger partial charge in [0, 0.05) is 11.8 Å². The Bertz CT molecular complexity index is 2490. The van der Waals surface area contributed by atoms with E-state index in [1.807, 2.05) is 20.8 Å². The van der Waals surface area contributed by atoms with Gasteiger partial charge in [0.05, 0.1) is 22.9 Å². The number of aromatic nitrogens is 5. The quantitative estimate of drug-likeness (QED) is 0.104. The molecule has 332 valence electrons. The van der Waals surface area contributed by atoms with Crippen LogP contribution in [0.3, 0.4) is 0 Å². The summed E-state index contributed by atoms with van der Waals surface area (Å²) in [4.78, 5) is 51.2. The van der Waals surface area contributed by atoms with Crippen molar-refractivity contribution in [3.8, 4) is 16.8 Å². The number of benzene rings is 3. The maximum Gasteiger partial charge on any atom is 0.437 e. The lowest BCUT2D eigenvalue weighted by Gasteiger charge is -2.35. The summed E-state index contributed by atoms with van der Waals surface area (Å²) in [5.74, 6) is -1.88. The van der Waals surface area contributed by atoms with Crippen LogP contribution in [0.4, 0.5) is 35.9 Å². The standard InChI is InChI=1S/C42H40ClF6N9O5/c1-40(2,3)22-42(28-12-9-25(10-13-28)27-18-51-56(19-27)36(48)49)35(59)57(37(54-42)53-38(60)62-20-24-7-5-4-6-8-24)31(21-63-39(61)55-41(15-16-41)34(46)47)26-11-14-29(43)30(17-26)58-33(32(44)45)50-23-52-58/h4-14,17-19,23,31-32,34,36H,15-16,20-22H2,1-3H3,(H,55,61)(H,53,54,60)/t31-,42-/m1/s1. The van der Waals surface area contributed by atoms with E-state index in [9.17, 15) is 35.9 Å². The van der Waals surface area contributed by atoms with E-state index in [4.69, 9.17) is 21.1 Å². The zero-order chi connectivity index (χ0) is 45.3. The molecule has 3 heterocycles. The molecule has 0 spiro atoms. The zero-order valence-corrected chi connectivity index (χ0v) is 34.6. The molecule has 1 aliphatic heterocycles. The third-order valence-corrected chi connectivity index (χ3v) is 10.8. The van der Waals surface area contributed by atoms with E-state index < -0.39 is 72.5 Å². The van der Waals surface area contributed by atoms with Crippen LogP contribution < -0.4 is 10.6 Å². The average Bonchev–Trinajstić information content (AvgIpc) is 3.52. The summed E-state index contributed by atoms with van der Waals surface area (Å²) in [6.07, 6.45) is -5.04. The minimum atomic E-state index is -3.09. The Kier molecular flexibility index (Phi) is 12.6. The number of halogens is 7. The predicted molar refractivity (Wildman–Crippen MR) is 215 cm³/mol. The average molecular weight is 900 g/mol. The van der Waals surface area contributed by atoms with Crippen molar-refractivity contribution < 1.29 is 50.2 Å². The number of nitrogens with zero attached hydrogens (tertiary/aromatic N) is 7. The fourth-order valence-electron chi connectivity index (χ4n) is 7.30. The number of hydrogen-bond acceptors (Lipinski definition) is 8. The Balaban J connectivity index is 1.36. The number of carbonyl (C=O) groups is 3. The minimum Gasteiger partial charge on any atom is -0.447 e. The third kappa shape index (κ3) is 9.64. The number of ether oxygens (including phenoxy) is 2. The van der Waals surface area contributed by atoms with Crippen LogP contribution in [0.15, 0.2) is 96.5 Å². The molecule has 0 radical (unpaired) electrons. The van der Waals surface area contributed by atoms with E-state index in [1.54, 1.807) is 54.6 Å². The van der Waals surface area contributed by atoms with Crippen molar-refractivity contribution in [3.05, 3.63) is 119 Å². The number of hydrogen-bond donors (Lipinski definition) is 2. The van der Waals surface area contributed by atoms with E-state index in [-0.39, 0.29) is 48.1 Å². The van der Waals surface area contributed by atoms with Gasteiger partial charge >= 0.3 is 18.7 Å². The second kappa shape index (κ2) is 17.7. The van der Waals surface area contributed by atoms with Gasteiger partial charge in [-0.05, 0) is 59.1 Å². The highest BCUT2D eigenvalue weighted by molar-refractivity contribution is 6.32. The van der Waals surface area contributed by atoms with Gasteiger partial charge in [-0.25, -0.2) is 41.5 Å². The first kappa shape index (κ1) is 44.6. The number of alkyl halides is 6. The van der Waals surface area contributed by atoms with Gasteiger partial charge in [0.25, 0.3) is 18.8 Å². The molecule has 5 aromatic rings. The van der Waals surface area contributed by atoms with Crippen LogP contribution in [0.2, 0.25) is 5.02 Å². The van der Waals surface area contributed by atoms with Crippen molar-refractivity contribution >= 4 is 35.7 Å². The Labute approximate surface area is 361 Å². The van der Waals surface area contributed by atoms with E-state index >= 15 is 4.79 Å². The molecule has 2 aliphatic rings. The Morgan fingerprint density at radius 1 is 0.952 bits per heavy atom. The first-order valence-corrected chi connectivity index (χ1v) is 19.8. The smallest absolute Gasteiger partial charge is 0.437 e. The van der Waals surface area contributed by atoms with Crippen LogP contribution in [-0.4, -0.2) is 72.1 Å². The van der Waals surface area contributed by atoms with E-state index in [2.05, 4.69) is 30.8 Å². The summed E-state index contributed by atoms with van der Waals surface area (Å²) in [7, 11) is 0. The van der Waals surface area contributed by atoms with Crippen LogP contribution in [0.1, 0.15) is 81.6 Å². The van der Waals surface area contributed by atoms with Crippen molar-refractivity contribution in [2.75, 3.05) is 6.61 Å². The summed E-state index contributed by atoms with van der Waals surface area (Å²) in [5, 5.41) is 12.9. The molecule has 2 N–H and O–H groups in total. The van der Waals surface area contributed by atoms with Gasteiger partial charge in [-0.2, -0.15) is 19.0 Å². The molecule has 3 aromatic carbocycles. The molecule has 1 aliphatic carbocycles. The molecule has 2 fully saturated rings. The molecule has 3 amide bonds. The normalized spacial score (nSPS) is 18.3. The summed E-state index contributed by atoms with van der Waals surface area (Å²) >= 11 is 6.53. The monoisotopic (exact) mass is 899 g/mol. The van der Waals surface area contributed by atoms with Gasteiger partial charge in [0.2, 0.25) is 5.96 Å². The number of nitrogens with one attached hydrogen (secondary N) is 2. The molecule has 2 atom stereocenters. The summed E-state index contributed by atoms with van der Waals surface area (Å²) < 4.78 is 95.0. The number of alkyl carbamates (subject to hydrolysis) is 1. The fourth-order valence-corrected chi connectivity index (χ4v) is 7.50. The molecule has 0 unspecified atom stereocenters. The third-order valence-electron chi connectivity index (χ3n) is 10.4. The van der Waals surface area contributed by atoms with Crippen LogP contribution in [0, 0.1) is 5.41 Å². The highest BCUT2D eigenvalue weighted by Gasteiger charge is 2.56. The number of rotatable bonds is 14. The van der Waals surface area contributed by atoms with Crippen LogP contribution in [-0.2, 0) is 26.4 Å². The fraction of sp³-hybridized carbons (Fsp3) is 0.357. The molecule has 14 nitrogen and oxygen atoms in total. The van der Waals surface area contributed by atoms with Gasteiger partial charge in [-0.15, -0.1) is 4.99 Å². The number of aliphatic imine (C=N–C) groups is 1. The van der Waals surface area contributed by atoms with Crippen LogP contribution in [0.25, 0.3) is 16.8 Å². The molecule has 7 rings (SSSR count). The molecule has 63 heavy (non-hydrogen) atoms. The second-order valence-electron chi connectivity index (χ2n) is 16.2. The first-order valence-electron chi connectivity index (χ1n) is 19.5. The van der Waals surface area contributed by atoms with Crippen molar-refractivity contribution in [2.45, 2.75) is 83.2 Å². The van der Waals surface area contributed by atoms with E-state index in [1.165, 1.54) is 24.4 Å². The lowest BCUT2D eigenvalue weighted by atomic mass is 9.75. The number of carbonyl (C=O) groups excluding carboxylic acids is 3. The lowest BCUT2D eigenvalue weighted by Crippen LogP contribution is -2.47. The lowest BCUT2D eigenvalue weighted by molar-refractivity contribution is -0.134. The SMILES string of the molecule is CC(C)(C)C[C@]1(c2ccc(-c3cnn(C(F)F)c3)cc2)NC(=NC(=O)OCc2ccccc2)N([C@H](COC(=O)NC2(C(F)F)CC2)c2ccc(Cl)c(-n3ncnc3C(F)F)c2)C1=O. The summed E-state index contributed by atoms with van der Waals surface area (Å²) in [5.41, 5.74) is -2.42. The predicted octanol–water partition coefficient (Wildman–Crippen LogP) is 9.14. The Morgan fingerprint density at radius 2 is 1.67 bits per heavy atom. The molecular formula is C42H40ClF6N9O5. The largest absolute Gasteiger partial charge is 0.447 e. The highest BCUT2D eigenvalue weighted by atomic mass is 35.5. The van der Waals surface area contributed by atoms with Crippen LogP contribution >= 0.6 is 11.6 Å². The van der Waals surface area contributed by atoms with Gasteiger partial charge < -0.3 is 20.1 Å². The molecule has 0 bridgehead atoms. The Hall–Kier alpha value is -6.44. The topological polar surface area (TPSA) is 158 Å². The molecule has 1 saturated heterocycles. The van der Waals surface area contributed by atoms with Crippen molar-refractivity contribution in [1.29, 1.82) is 0 Å².